The van der Waals surface area contributed by atoms with Crippen LogP contribution in [0.2, 0.25) is 0 Å². The molecule has 0 fully saturated rings. The topological polar surface area (TPSA) is 69.3 Å². The van der Waals surface area contributed by atoms with Gasteiger partial charge in [-0.15, -0.1) is 0 Å². The summed E-state index contributed by atoms with van der Waals surface area (Å²) in [5.74, 6) is 0.763. The number of hydrogen-bond donors (Lipinski definition) is 1. The Kier molecular flexibility index (Phi) is 3.11. The summed E-state index contributed by atoms with van der Waals surface area (Å²) in [5, 5.41) is 11.5. The standard InChI is InChI=1S/C12H14N6O/c1-19-7-6-17-9-10(8-14-17)15-11-3-5-18-12(16-11)2-4-13-18/h2-5,8-9H,6-7H2,1H3,(H,15,16). The summed E-state index contributed by atoms with van der Waals surface area (Å²) in [5.41, 5.74) is 1.70. The maximum Gasteiger partial charge on any atom is 0.157 e. The van der Waals surface area contributed by atoms with Crippen molar-refractivity contribution in [3.8, 4) is 0 Å². The average Bonchev–Trinajstić information content (AvgIpc) is 3.05. The number of anilines is 2. The number of rotatable bonds is 5. The van der Waals surface area contributed by atoms with Crippen LogP contribution in [0.3, 0.4) is 0 Å². The van der Waals surface area contributed by atoms with E-state index in [1.165, 1.54) is 0 Å². The fraction of sp³-hybridized carbons (Fsp3) is 0.250. The summed E-state index contributed by atoms with van der Waals surface area (Å²) < 4.78 is 8.55. The monoisotopic (exact) mass is 258 g/mol. The van der Waals surface area contributed by atoms with Crippen molar-refractivity contribution in [3.05, 3.63) is 36.9 Å². The van der Waals surface area contributed by atoms with Gasteiger partial charge in [0.15, 0.2) is 5.65 Å². The van der Waals surface area contributed by atoms with E-state index in [1.807, 2.05) is 29.2 Å². The Morgan fingerprint density at radius 3 is 3.16 bits per heavy atom. The molecule has 0 unspecified atom stereocenters. The molecule has 98 valence electrons. The van der Waals surface area contributed by atoms with Gasteiger partial charge in [-0.05, 0) is 6.07 Å². The normalized spacial score (nSPS) is 11.0. The van der Waals surface area contributed by atoms with Crippen LogP contribution in [0.25, 0.3) is 5.65 Å². The van der Waals surface area contributed by atoms with Crippen molar-refractivity contribution < 1.29 is 4.74 Å². The molecular formula is C12H14N6O. The van der Waals surface area contributed by atoms with Crippen molar-refractivity contribution in [1.82, 2.24) is 24.4 Å². The molecule has 0 saturated carbocycles. The van der Waals surface area contributed by atoms with E-state index >= 15 is 0 Å². The highest BCUT2D eigenvalue weighted by Crippen LogP contribution is 2.14. The first-order valence-corrected chi connectivity index (χ1v) is 5.94. The van der Waals surface area contributed by atoms with Gasteiger partial charge in [-0.2, -0.15) is 10.2 Å². The molecule has 0 atom stereocenters. The van der Waals surface area contributed by atoms with Crippen molar-refractivity contribution in [1.29, 1.82) is 0 Å². The zero-order chi connectivity index (χ0) is 13.1. The summed E-state index contributed by atoms with van der Waals surface area (Å²) in [7, 11) is 1.67. The van der Waals surface area contributed by atoms with Gasteiger partial charge in [-0.25, -0.2) is 9.50 Å². The van der Waals surface area contributed by atoms with E-state index in [1.54, 1.807) is 24.0 Å². The Labute approximate surface area is 109 Å². The second-order valence-corrected chi connectivity index (χ2v) is 4.06. The van der Waals surface area contributed by atoms with Crippen molar-refractivity contribution in [2.75, 3.05) is 19.0 Å². The van der Waals surface area contributed by atoms with Crippen LogP contribution in [-0.4, -0.2) is 38.1 Å². The fourth-order valence-corrected chi connectivity index (χ4v) is 1.77. The van der Waals surface area contributed by atoms with Gasteiger partial charge < -0.3 is 10.1 Å². The van der Waals surface area contributed by atoms with E-state index in [4.69, 9.17) is 4.74 Å². The van der Waals surface area contributed by atoms with Crippen LogP contribution in [0.5, 0.6) is 0 Å². The molecule has 0 radical (unpaired) electrons. The second-order valence-electron chi connectivity index (χ2n) is 4.06. The summed E-state index contributed by atoms with van der Waals surface area (Å²) >= 11 is 0. The summed E-state index contributed by atoms with van der Waals surface area (Å²) in [6.07, 6.45) is 7.26. The first kappa shape index (κ1) is 11.7. The molecule has 0 bridgehead atoms. The molecule has 0 amide bonds. The Morgan fingerprint density at radius 1 is 1.32 bits per heavy atom. The molecular weight excluding hydrogens is 244 g/mol. The lowest BCUT2D eigenvalue weighted by Crippen LogP contribution is -2.04. The van der Waals surface area contributed by atoms with E-state index in [2.05, 4.69) is 20.5 Å². The third-order valence-corrected chi connectivity index (χ3v) is 2.69. The second kappa shape index (κ2) is 5.07. The highest BCUT2D eigenvalue weighted by Gasteiger charge is 2.02. The van der Waals surface area contributed by atoms with Crippen molar-refractivity contribution in [2.24, 2.45) is 0 Å². The zero-order valence-corrected chi connectivity index (χ0v) is 10.5. The summed E-state index contributed by atoms with van der Waals surface area (Å²) in [4.78, 5) is 4.43. The van der Waals surface area contributed by atoms with Crippen LogP contribution in [0.15, 0.2) is 36.9 Å². The van der Waals surface area contributed by atoms with Crippen molar-refractivity contribution in [2.45, 2.75) is 6.54 Å². The highest BCUT2D eigenvalue weighted by molar-refractivity contribution is 5.56. The van der Waals surface area contributed by atoms with Crippen LogP contribution >= 0.6 is 0 Å². The smallest absolute Gasteiger partial charge is 0.157 e. The molecule has 0 aromatic carbocycles. The predicted octanol–water partition coefficient (Wildman–Crippen LogP) is 1.32. The molecule has 7 heteroatoms. The van der Waals surface area contributed by atoms with Gasteiger partial charge in [0.1, 0.15) is 5.82 Å². The van der Waals surface area contributed by atoms with Crippen LogP contribution in [0.1, 0.15) is 0 Å². The molecule has 3 rings (SSSR count). The Bertz CT molecular complexity index is 673. The summed E-state index contributed by atoms with van der Waals surface area (Å²) in [6, 6.07) is 3.72. The van der Waals surface area contributed by atoms with Crippen LogP contribution < -0.4 is 5.32 Å². The molecule has 3 aromatic heterocycles. The third kappa shape index (κ3) is 2.55. The molecule has 0 saturated heterocycles. The Hall–Kier alpha value is -2.41. The lowest BCUT2D eigenvalue weighted by molar-refractivity contribution is 0.183. The van der Waals surface area contributed by atoms with Crippen LogP contribution in [-0.2, 0) is 11.3 Å². The van der Waals surface area contributed by atoms with Gasteiger partial charge in [0, 0.05) is 25.6 Å². The summed E-state index contributed by atoms with van der Waals surface area (Å²) in [6.45, 7) is 1.37. The molecule has 1 N–H and O–H groups in total. The molecule has 0 aliphatic heterocycles. The van der Waals surface area contributed by atoms with Gasteiger partial charge in [0.2, 0.25) is 0 Å². The quantitative estimate of drug-likeness (QED) is 0.747. The fourth-order valence-electron chi connectivity index (χ4n) is 1.77. The molecule has 0 aliphatic rings. The molecule has 3 aromatic rings. The van der Waals surface area contributed by atoms with Gasteiger partial charge >= 0.3 is 0 Å². The van der Waals surface area contributed by atoms with Crippen molar-refractivity contribution in [3.63, 3.8) is 0 Å². The minimum absolute atomic E-state index is 0.640. The number of aromatic nitrogens is 5. The number of nitrogens with one attached hydrogen (secondary N) is 1. The number of hydrogen-bond acceptors (Lipinski definition) is 5. The molecule has 7 nitrogen and oxygen atoms in total. The number of ether oxygens (including phenoxy) is 1. The predicted molar refractivity (Wildman–Crippen MR) is 70.4 cm³/mol. The Balaban J connectivity index is 1.74. The minimum Gasteiger partial charge on any atom is -0.383 e. The minimum atomic E-state index is 0.640. The maximum absolute atomic E-state index is 5.01. The SMILES string of the molecule is COCCn1cc(Nc2ccn3nccc3n2)cn1. The van der Waals surface area contributed by atoms with E-state index in [9.17, 15) is 0 Å². The lowest BCUT2D eigenvalue weighted by atomic mass is 10.5. The van der Waals surface area contributed by atoms with Crippen LogP contribution in [0.4, 0.5) is 11.5 Å². The molecule has 3 heterocycles. The van der Waals surface area contributed by atoms with Crippen LogP contribution in [0, 0.1) is 0 Å². The molecule has 0 spiro atoms. The van der Waals surface area contributed by atoms with Gasteiger partial charge in [0.25, 0.3) is 0 Å². The van der Waals surface area contributed by atoms with E-state index < -0.39 is 0 Å². The largest absolute Gasteiger partial charge is 0.383 e. The first-order valence-electron chi connectivity index (χ1n) is 5.94. The van der Waals surface area contributed by atoms with E-state index in [0.29, 0.717) is 6.61 Å². The number of methoxy groups -OCH3 is 1. The van der Waals surface area contributed by atoms with Crippen molar-refractivity contribution >= 4 is 17.2 Å². The van der Waals surface area contributed by atoms with E-state index in [-0.39, 0.29) is 0 Å². The van der Waals surface area contributed by atoms with Gasteiger partial charge in [0.05, 0.1) is 31.2 Å². The highest BCUT2D eigenvalue weighted by atomic mass is 16.5. The van der Waals surface area contributed by atoms with Gasteiger partial charge in [-0.3, -0.25) is 4.68 Å². The van der Waals surface area contributed by atoms with E-state index in [0.717, 1.165) is 23.7 Å². The van der Waals surface area contributed by atoms with Gasteiger partial charge in [-0.1, -0.05) is 0 Å². The number of fused-ring (bicyclic) bond motifs is 1. The third-order valence-electron chi connectivity index (χ3n) is 2.69. The number of nitrogens with zero attached hydrogens (tertiary/aromatic N) is 5. The molecule has 19 heavy (non-hydrogen) atoms. The molecule has 0 aliphatic carbocycles. The Morgan fingerprint density at radius 2 is 2.26 bits per heavy atom. The first-order chi connectivity index (χ1) is 9.35. The lowest BCUT2D eigenvalue weighted by Gasteiger charge is -2.02. The zero-order valence-electron chi connectivity index (χ0n) is 10.5. The maximum atomic E-state index is 5.01. The average molecular weight is 258 g/mol.